The van der Waals surface area contributed by atoms with Gasteiger partial charge in [0, 0.05) is 5.39 Å². The predicted octanol–water partition coefficient (Wildman–Crippen LogP) is -0.476. The number of fused-ring (bicyclic) bond motifs is 2. The molecule has 0 amide bonds. The van der Waals surface area contributed by atoms with Gasteiger partial charge in [-0.15, -0.1) is 0 Å². The van der Waals surface area contributed by atoms with Crippen molar-refractivity contribution in [3.63, 3.8) is 0 Å². The standard InChI is InChI=1S/C12H14BNO3/c1-2-4-11-10(3-1)9-12(17-11)13-14(5-7-15-13)6-8-16-13/h1-4,9,14H,5-8H2. The summed E-state index contributed by atoms with van der Waals surface area (Å²) in [6.45, 7) is 2.12. The average molecular weight is 231 g/mol. The highest BCUT2D eigenvalue weighted by Crippen LogP contribution is 2.17. The molecule has 4 nitrogen and oxygen atoms in total. The van der Waals surface area contributed by atoms with E-state index in [1.165, 1.54) is 4.81 Å². The molecule has 4 rings (SSSR count). The zero-order valence-corrected chi connectivity index (χ0v) is 9.52. The minimum absolute atomic E-state index is 0.756. The van der Waals surface area contributed by atoms with Crippen LogP contribution in [0, 0.1) is 0 Å². The monoisotopic (exact) mass is 231 g/mol. The summed E-state index contributed by atoms with van der Waals surface area (Å²) in [5.74, 6) is 0. The first-order valence-corrected chi connectivity index (χ1v) is 6.15. The van der Waals surface area contributed by atoms with Crippen LogP contribution in [0.3, 0.4) is 0 Å². The highest BCUT2D eigenvalue weighted by molar-refractivity contribution is 6.73. The van der Waals surface area contributed by atoms with Gasteiger partial charge in [-0.05, 0) is 12.1 Å². The van der Waals surface area contributed by atoms with Crippen LogP contribution in [-0.4, -0.2) is 33.0 Å². The van der Waals surface area contributed by atoms with Crippen molar-refractivity contribution in [1.29, 1.82) is 0 Å². The van der Waals surface area contributed by atoms with E-state index in [0.717, 1.165) is 42.9 Å². The average Bonchev–Trinajstić information content (AvgIpc) is 3.01. The van der Waals surface area contributed by atoms with E-state index in [1.54, 1.807) is 0 Å². The zero-order chi connectivity index (χ0) is 11.3. The highest BCUT2D eigenvalue weighted by atomic mass is 16.6. The number of furan rings is 1. The highest BCUT2D eigenvalue weighted by Gasteiger charge is 2.53. The molecule has 0 bridgehead atoms. The van der Waals surface area contributed by atoms with Crippen LogP contribution in [0.1, 0.15) is 0 Å². The van der Waals surface area contributed by atoms with Crippen molar-refractivity contribution in [2.75, 3.05) is 26.3 Å². The smallest absolute Gasteiger partial charge is 0.504 e. The van der Waals surface area contributed by atoms with Crippen LogP contribution in [0.15, 0.2) is 34.7 Å². The minimum atomic E-state index is -1.41. The van der Waals surface area contributed by atoms with Gasteiger partial charge >= 0.3 is 6.69 Å². The lowest BCUT2D eigenvalue weighted by Crippen LogP contribution is -3.21. The van der Waals surface area contributed by atoms with Gasteiger partial charge in [-0.25, -0.2) is 0 Å². The van der Waals surface area contributed by atoms with Crippen molar-refractivity contribution < 1.29 is 18.5 Å². The quantitative estimate of drug-likeness (QED) is 0.673. The lowest BCUT2D eigenvalue weighted by atomic mass is 9.68. The zero-order valence-electron chi connectivity index (χ0n) is 9.52. The van der Waals surface area contributed by atoms with Gasteiger partial charge in [0.1, 0.15) is 5.58 Å². The summed E-state index contributed by atoms with van der Waals surface area (Å²) in [7, 11) is 0. The first-order chi connectivity index (χ1) is 8.38. The van der Waals surface area contributed by atoms with E-state index in [2.05, 4.69) is 12.1 Å². The summed E-state index contributed by atoms with van der Waals surface area (Å²) in [5.41, 5.74) is 1.76. The number of hydrogen-bond acceptors (Lipinski definition) is 3. The fourth-order valence-corrected chi connectivity index (χ4v) is 3.06. The molecule has 2 aromatic rings. The van der Waals surface area contributed by atoms with Crippen molar-refractivity contribution in [3.05, 3.63) is 30.3 Å². The van der Waals surface area contributed by atoms with Crippen LogP contribution in [-0.2, 0) is 9.31 Å². The fraction of sp³-hybridized carbons (Fsp3) is 0.333. The molecule has 1 aromatic carbocycles. The second-order valence-corrected chi connectivity index (χ2v) is 4.80. The third-order valence-electron chi connectivity index (χ3n) is 3.91. The van der Waals surface area contributed by atoms with Crippen LogP contribution in [0.4, 0.5) is 0 Å². The van der Waals surface area contributed by atoms with E-state index in [0.29, 0.717) is 0 Å². The molecule has 2 aliphatic heterocycles. The first kappa shape index (κ1) is 9.71. The maximum Gasteiger partial charge on any atom is 0.535 e. The number of nitrogens with one attached hydrogen (secondary N) is 1. The maximum atomic E-state index is 5.91. The van der Waals surface area contributed by atoms with Crippen molar-refractivity contribution in [3.8, 4) is 0 Å². The molecule has 2 aliphatic rings. The van der Waals surface area contributed by atoms with E-state index in [-0.39, 0.29) is 0 Å². The molecule has 1 N–H and O–H groups in total. The molecule has 0 unspecified atom stereocenters. The first-order valence-electron chi connectivity index (χ1n) is 6.15. The third-order valence-corrected chi connectivity index (χ3v) is 3.91. The molecule has 2 fully saturated rings. The molecule has 2 saturated heterocycles. The Balaban J connectivity index is 1.88. The van der Waals surface area contributed by atoms with Gasteiger partial charge in [0.05, 0.1) is 32.0 Å². The summed E-state index contributed by atoms with van der Waals surface area (Å²) in [6, 6.07) is 10.1. The largest absolute Gasteiger partial charge is 0.535 e. The molecule has 3 heterocycles. The Hall–Kier alpha value is -1.30. The Kier molecular flexibility index (Phi) is 1.91. The Morgan fingerprint density at radius 2 is 1.82 bits per heavy atom. The Labute approximate surface area is 99.1 Å². The molecule has 88 valence electrons. The summed E-state index contributed by atoms with van der Waals surface area (Å²) in [6.07, 6.45) is 0. The van der Waals surface area contributed by atoms with Crippen LogP contribution in [0.5, 0.6) is 0 Å². The molecule has 0 aliphatic carbocycles. The van der Waals surface area contributed by atoms with E-state index < -0.39 is 6.69 Å². The summed E-state index contributed by atoms with van der Waals surface area (Å²) in [4.78, 5) is 1.38. The molecule has 0 spiro atoms. The van der Waals surface area contributed by atoms with Crippen molar-refractivity contribution in [2.45, 2.75) is 0 Å². The Morgan fingerprint density at radius 1 is 1.06 bits per heavy atom. The van der Waals surface area contributed by atoms with Crippen LogP contribution >= 0.6 is 0 Å². The predicted molar refractivity (Wildman–Crippen MR) is 64.2 cm³/mol. The number of quaternary nitrogens is 1. The molecule has 0 radical (unpaired) electrons. The van der Waals surface area contributed by atoms with Crippen molar-refractivity contribution in [2.24, 2.45) is 0 Å². The van der Waals surface area contributed by atoms with E-state index in [1.807, 2.05) is 18.2 Å². The van der Waals surface area contributed by atoms with Crippen LogP contribution < -0.4 is 10.5 Å². The van der Waals surface area contributed by atoms with E-state index >= 15 is 0 Å². The maximum absolute atomic E-state index is 5.91. The third kappa shape index (κ3) is 1.24. The normalized spacial score (nSPS) is 32.1. The molecule has 0 saturated carbocycles. The van der Waals surface area contributed by atoms with Crippen molar-refractivity contribution in [1.82, 2.24) is 0 Å². The molecule has 5 heteroatoms. The molecule has 1 aromatic heterocycles. The van der Waals surface area contributed by atoms with Gasteiger partial charge in [-0.2, -0.15) is 0 Å². The SMILES string of the molecule is c1ccc2oc([B-]34OCC[NH+]3CCO4)cc2c1. The van der Waals surface area contributed by atoms with Crippen molar-refractivity contribution >= 4 is 23.3 Å². The van der Waals surface area contributed by atoms with Gasteiger partial charge in [-0.1, -0.05) is 18.2 Å². The van der Waals surface area contributed by atoms with Gasteiger partial charge < -0.3 is 18.5 Å². The van der Waals surface area contributed by atoms with E-state index in [4.69, 9.17) is 13.7 Å². The number of rotatable bonds is 1. The lowest BCUT2D eigenvalue weighted by molar-refractivity contribution is -0.781. The summed E-state index contributed by atoms with van der Waals surface area (Å²) < 4.78 is 17.7. The minimum Gasteiger partial charge on any atom is -0.504 e. The Bertz CT molecular complexity index is 525. The Morgan fingerprint density at radius 3 is 2.59 bits per heavy atom. The van der Waals surface area contributed by atoms with Gasteiger partial charge in [0.15, 0.2) is 0 Å². The topological polar surface area (TPSA) is 36.0 Å². The lowest BCUT2D eigenvalue weighted by Gasteiger charge is -2.28. The number of benzene rings is 1. The second-order valence-electron chi connectivity index (χ2n) is 4.80. The summed E-state index contributed by atoms with van der Waals surface area (Å²) in [5, 5.41) is 1.11. The van der Waals surface area contributed by atoms with Crippen LogP contribution in [0.25, 0.3) is 11.0 Å². The number of hydrogen-bond donors (Lipinski definition) is 1. The summed E-state index contributed by atoms with van der Waals surface area (Å²) >= 11 is 0. The van der Waals surface area contributed by atoms with Gasteiger partial charge in [0.2, 0.25) is 0 Å². The van der Waals surface area contributed by atoms with E-state index in [9.17, 15) is 0 Å². The molecular formula is C12H14BNO3. The van der Waals surface area contributed by atoms with Gasteiger partial charge in [-0.3, -0.25) is 0 Å². The fourth-order valence-electron chi connectivity index (χ4n) is 3.06. The second kappa shape index (κ2) is 3.35. The molecule has 17 heavy (non-hydrogen) atoms. The molecular weight excluding hydrogens is 217 g/mol. The van der Waals surface area contributed by atoms with Gasteiger partial charge in [0.25, 0.3) is 0 Å². The molecule has 0 atom stereocenters. The number of para-hydroxylation sites is 1. The van der Waals surface area contributed by atoms with Crippen LogP contribution in [0.2, 0.25) is 0 Å².